The lowest BCUT2D eigenvalue weighted by Gasteiger charge is -2.21. The van der Waals surface area contributed by atoms with Gasteiger partial charge in [-0.2, -0.15) is 0 Å². The van der Waals surface area contributed by atoms with E-state index < -0.39 is 0 Å². The second kappa shape index (κ2) is 8.39. The molecule has 0 aromatic rings. The molecule has 7 nitrogen and oxygen atoms in total. The minimum absolute atomic E-state index is 0.115. The van der Waals surface area contributed by atoms with Crippen LogP contribution in [0.5, 0.6) is 0 Å². The van der Waals surface area contributed by atoms with Gasteiger partial charge in [-0.15, -0.1) is 0 Å². The van der Waals surface area contributed by atoms with E-state index in [-0.39, 0.29) is 29.9 Å². The number of carbonyl (C=O) groups excluding carboxylic acids is 2. The van der Waals surface area contributed by atoms with Gasteiger partial charge in [-0.1, -0.05) is 6.92 Å². The molecule has 7 heteroatoms. The molecule has 1 amide bonds. The van der Waals surface area contributed by atoms with E-state index in [0.29, 0.717) is 12.5 Å². The van der Waals surface area contributed by atoms with Gasteiger partial charge in [0.25, 0.3) is 0 Å². The minimum Gasteiger partial charge on any atom is -0.469 e. The third-order valence-corrected chi connectivity index (χ3v) is 2.33. The average molecular weight is 286 g/mol. The van der Waals surface area contributed by atoms with Crippen LogP contribution in [0.4, 0.5) is 0 Å². The van der Waals surface area contributed by atoms with Crippen LogP contribution in [-0.4, -0.2) is 50.6 Å². The summed E-state index contributed by atoms with van der Waals surface area (Å²) in [5.74, 6) is -0.244. The summed E-state index contributed by atoms with van der Waals surface area (Å²) >= 11 is 0. The summed E-state index contributed by atoms with van der Waals surface area (Å²) in [5.41, 5.74) is -0.269. The number of ether oxygens (including phenoxy) is 1. The van der Waals surface area contributed by atoms with E-state index in [9.17, 15) is 9.59 Å². The molecule has 0 rings (SSSR count). The van der Waals surface area contributed by atoms with Gasteiger partial charge in [0.1, 0.15) is 0 Å². The molecule has 1 unspecified atom stereocenters. The molecule has 20 heavy (non-hydrogen) atoms. The van der Waals surface area contributed by atoms with Crippen molar-refractivity contribution >= 4 is 17.8 Å². The van der Waals surface area contributed by atoms with Crippen LogP contribution in [0.3, 0.4) is 0 Å². The Hall–Kier alpha value is -1.79. The predicted octanol–water partition coefficient (Wildman–Crippen LogP) is -0.125. The topological polar surface area (TPSA) is 91.8 Å². The van der Waals surface area contributed by atoms with E-state index in [0.717, 1.165) is 0 Å². The number of nitrogens with one attached hydrogen (secondary N) is 3. The molecule has 0 spiro atoms. The monoisotopic (exact) mass is 286 g/mol. The minimum atomic E-state index is -0.293. The highest BCUT2D eigenvalue weighted by atomic mass is 16.5. The van der Waals surface area contributed by atoms with E-state index in [2.05, 4.69) is 25.7 Å². The van der Waals surface area contributed by atoms with Gasteiger partial charge in [0.05, 0.1) is 19.6 Å². The van der Waals surface area contributed by atoms with Crippen LogP contribution in [0.2, 0.25) is 0 Å². The van der Waals surface area contributed by atoms with Crippen molar-refractivity contribution in [3.05, 3.63) is 0 Å². The van der Waals surface area contributed by atoms with Gasteiger partial charge >= 0.3 is 5.97 Å². The van der Waals surface area contributed by atoms with Crippen molar-refractivity contribution in [1.29, 1.82) is 0 Å². The van der Waals surface area contributed by atoms with E-state index in [1.54, 1.807) is 14.0 Å². The maximum absolute atomic E-state index is 11.6. The highest BCUT2D eigenvalue weighted by Crippen LogP contribution is 1.97. The molecule has 0 saturated heterocycles. The Balaban J connectivity index is 4.12. The summed E-state index contributed by atoms with van der Waals surface area (Å²) in [7, 11) is 2.95. The third kappa shape index (κ3) is 8.34. The lowest BCUT2D eigenvalue weighted by Crippen LogP contribution is -2.48. The molecule has 0 fully saturated rings. The molecular formula is C13H26N4O3. The molecule has 0 radical (unpaired) electrons. The summed E-state index contributed by atoms with van der Waals surface area (Å²) in [6.07, 6.45) is 0. The molecule has 0 aliphatic carbocycles. The molecule has 0 bridgehead atoms. The Labute approximate surface area is 120 Å². The maximum Gasteiger partial charge on any atom is 0.310 e. The largest absolute Gasteiger partial charge is 0.469 e. The van der Waals surface area contributed by atoms with Gasteiger partial charge in [-0.25, -0.2) is 0 Å². The Morgan fingerprint density at radius 3 is 2.30 bits per heavy atom. The first-order chi connectivity index (χ1) is 9.19. The van der Waals surface area contributed by atoms with Crippen molar-refractivity contribution in [2.75, 3.05) is 27.2 Å². The number of guanidine groups is 1. The Morgan fingerprint density at radius 1 is 1.25 bits per heavy atom. The molecule has 116 valence electrons. The number of nitrogens with zero attached hydrogens (tertiary/aromatic N) is 1. The summed E-state index contributed by atoms with van der Waals surface area (Å²) in [5, 5.41) is 8.67. The molecule has 0 aliphatic rings. The van der Waals surface area contributed by atoms with Crippen LogP contribution in [0.15, 0.2) is 4.99 Å². The van der Waals surface area contributed by atoms with E-state index >= 15 is 0 Å². The fourth-order valence-corrected chi connectivity index (χ4v) is 1.38. The molecule has 1 atom stereocenters. The Kier molecular flexibility index (Phi) is 7.64. The molecule has 0 aromatic carbocycles. The van der Waals surface area contributed by atoms with Gasteiger partial charge in [-0.05, 0) is 20.8 Å². The van der Waals surface area contributed by atoms with Crippen LogP contribution >= 0.6 is 0 Å². The zero-order valence-electron chi connectivity index (χ0n) is 13.2. The van der Waals surface area contributed by atoms with Crippen molar-refractivity contribution in [3.8, 4) is 0 Å². The van der Waals surface area contributed by atoms with Gasteiger partial charge in [0, 0.05) is 19.1 Å². The number of methoxy groups -OCH3 is 1. The summed E-state index contributed by atoms with van der Waals surface area (Å²) < 4.78 is 4.63. The number of aliphatic imine (C=N–C) groups is 1. The number of hydrogen-bond donors (Lipinski definition) is 3. The van der Waals surface area contributed by atoms with Crippen molar-refractivity contribution in [1.82, 2.24) is 16.0 Å². The third-order valence-electron chi connectivity index (χ3n) is 2.33. The van der Waals surface area contributed by atoms with Crippen LogP contribution in [0.25, 0.3) is 0 Å². The standard InChI is InChI=1S/C13H26N4O3/c1-9(11(19)20-6)7-15-12(14-5)16-8-10(18)17-13(2,3)4/h9H,7-8H2,1-6H3,(H,17,18)(H2,14,15,16). The van der Waals surface area contributed by atoms with Crippen LogP contribution in [-0.2, 0) is 14.3 Å². The normalized spacial score (nSPS) is 13.4. The first-order valence-electron chi connectivity index (χ1n) is 6.53. The van der Waals surface area contributed by atoms with E-state index in [4.69, 9.17) is 0 Å². The average Bonchev–Trinajstić information content (AvgIpc) is 2.35. The smallest absolute Gasteiger partial charge is 0.310 e. The second-order valence-corrected chi connectivity index (χ2v) is 5.53. The number of rotatable bonds is 5. The van der Waals surface area contributed by atoms with Gasteiger partial charge in [0.2, 0.25) is 5.91 Å². The fraction of sp³-hybridized carbons (Fsp3) is 0.769. The molecule has 3 N–H and O–H groups in total. The predicted molar refractivity (Wildman–Crippen MR) is 78.4 cm³/mol. The molecular weight excluding hydrogens is 260 g/mol. The quantitative estimate of drug-likeness (QED) is 0.372. The van der Waals surface area contributed by atoms with Crippen LogP contribution < -0.4 is 16.0 Å². The summed E-state index contributed by atoms with van der Waals surface area (Å²) in [4.78, 5) is 26.9. The first kappa shape index (κ1) is 18.2. The molecule has 0 saturated carbocycles. The van der Waals surface area contributed by atoms with E-state index in [1.807, 2.05) is 20.8 Å². The van der Waals surface area contributed by atoms with Gasteiger partial charge in [-0.3, -0.25) is 14.6 Å². The SMILES string of the molecule is CN=C(NCC(=O)NC(C)(C)C)NCC(C)C(=O)OC. The van der Waals surface area contributed by atoms with Gasteiger partial charge < -0.3 is 20.7 Å². The summed E-state index contributed by atoms with van der Waals surface area (Å²) in [6, 6.07) is 0. The van der Waals surface area contributed by atoms with Crippen molar-refractivity contribution in [2.45, 2.75) is 33.2 Å². The zero-order valence-corrected chi connectivity index (χ0v) is 13.2. The fourth-order valence-electron chi connectivity index (χ4n) is 1.38. The molecule has 0 aromatic heterocycles. The molecule has 0 aliphatic heterocycles. The lowest BCUT2D eigenvalue weighted by molar-refractivity contribution is -0.144. The molecule has 0 heterocycles. The number of hydrogen-bond acceptors (Lipinski definition) is 4. The van der Waals surface area contributed by atoms with Crippen molar-refractivity contribution < 1.29 is 14.3 Å². The van der Waals surface area contributed by atoms with Gasteiger partial charge in [0.15, 0.2) is 5.96 Å². The highest BCUT2D eigenvalue weighted by Gasteiger charge is 2.15. The number of amides is 1. The summed E-state index contributed by atoms with van der Waals surface area (Å²) in [6.45, 7) is 7.98. The Bertz CT molecular complexity index is 361. The zero-order chi connectivity index (χ0) is 15.8. The van der Waals surface area contributed by atoms with E-state index in [1.165, 1.54) is 7.11 Å². The first-order valence-corrected chi connectivity index (χ1v) is 6.53. The Morgan fingerprint density at radius 2 is 1.85 bits per heavy atom. The number of carbonyl (C=O) groups is 2. The number of esters is 1. The van der Waals surface area contributed by atoms with Crippen molar-refractivity contribution in [2.24, 2.45) is 10.9 Å². The van der Waals surface area contributed by atoms with Crippen molar-refractivity contribution in [3.63, 3.8) is 0 Å². The second-order valence-electron chi connectivity index (χ2n) is 5.53. The van der Waals surface area contributed by atoms with Crippen LogP contribution in [0, 0.1) is 5.92 Å². The lowest BCUT2D eigenvalue weighted by atomic mass is 10.1. The highest BCUT2D eigenvalue weighted by molar-refractivity contribution is 5.86. The van der Waals surface area contributed by atoms with Crippen LogP contribution in [0.1, 0.15) is 27.7 Å². The maximum atomic E-state index is 11.6.